The Labute approximate surface area is 115 Å². The van der Waals surface area contributed by atoms with Crippen LogP contribution in [0.5, 0.6) is 5.75 Å². The number of benzene rings is 1. The largest absolute Gasteiger partial charge is 0.493 e. The van der Waals surface area contributed by atoms with E-state index in [4.69, 9.17) is 4.74 Å². The SMILES string of the molecule is CCCNC(=NC)NCC1CCOc2ccccc21. The highest BCUT2D eigenvalue weighted by atomic mass is 16.5. The van der Waals surface area contributed by atoms with Gasteiger partial charge in [-0.15, -0.1) is 0 Å². The van der Waals surface area contributed by atoms with Crippen molar-refractivity contribution < 1.29 is 4.74 Å². The Morgan fingerprint density at radius 2 is 2.21 bits per heavy atom. The van der Waals surface area contributed by atoms with Crippen LogP contribution in [0.1, 0.15) is 31.2 Å². The number of hydrogen-bond acceptors (Lipinski definition) is 2. The molecule has 1 unspecified atom stereocenters. The molecule has 104 valence electrons. The van der Waals surface area contributed by atoms with Gasteiger partial charge >= 0.3 is 0 Å². The zero-order valence-corrected chi connectivity index (χ0v) is 11.8. The first-order valence-corrected chi connectivity index (χ1v) is 7.01. The first kappa shape index (κ1) is 13.7. The van der Waals surface area contributed by atoms with Crippen LogP contribution in [-0.2, 0) is 0 Å². The number of aliphatic imine (C=N–C) groups is 1. The summed E-state index contributed by atoms with van der Waals surface area (Å²) in [5.74, 6) is 2.40. The number of para-hydroxylation sites is 1. The molecule has 0 radical (unpaired) electrons. The van der Waals surface area contributed by atoms with E-state index in [0.29, 0.717) is 5.92 Å². The van der Waals surface area contributed by atoms with Gasteiger partial charge in [-0.2, -0.15) is 0 Å². The van der Waals surface area contributed by atoms with E-state index >= 15 is 0 Å². The highest BCUT2D eigenvalue weighted by Crippen LogP contribution is 2.32. The maximum atomic E-state index is 5.68. The topological polar surface area (TPSA) is 45.7 Å². The molecule has 0 aromatic heterocycles. The van der Waals surface area contributed by atoms with Crippen molar-refractivity contribution in [1.29, 1.82) is 0 Å². The van der Waals surface area contributed by atoms with Crippen LogP contribution in [0.15, 0.2) is 29.3 Å². The number of nitrogens with one attached hydrogen (secondary N) is 2. The molecule has 1 aromatic carbocycles. The first-order valence-electron chi connectivity index (χ1n) is 7.01. The molecular formula is C15H23N3O. The van der Waals surface area contributed by atoms with Crippen LogP contribution in [0, 0.1) is 0 Å². The Balaban J connectivity index is 1.93. The molecule has 0 bridgehead atoms. The Bertz CT molecular complexity index is 431. The lowest BCUT2D eigenvalue weighted by Crippen LogP contribution is -2.40. The molecule has 4 heteroatoms. The summed E-state index contributed by atoms with van der Waals surface area (Å²) in [6, 6.07) is 8.30. The van der Waals surface area contributed by atoms with Gasteiger partial charge in [0.25, 0.3) is 0 Å². The second-order valence-electron chi connectivity index (χ2n) is 4.75. The van der Waals surface area contributed by atoms with Crippen molar-refractivity contribution in [1.82, 2.24) is 10.6 Å². The van der Waals surface area contributed by atoms with Crippen molar-refractivity contribution >= 4 is 5.96 Å². The molecule has 1 heterocycles. The van der Waals surface area contributed by atoms with Crippen molar-refractivity contribution in [2.24, 2.45) is 4.99 Å². The molecule has 2 rings (SSSR count). The summed E-state index contributed by atoms with van der Waals surface area (Å²) in [7, 11) is 1.81. The molecule has 0 amide bonds. The summed E-state index contributed by atoms with van der Waals surface area (Å²) in [6.07, 6.45) is 2.15. The molecule has 0 saturated heterocycles. The summed E-state index contributed by atoms with van der Waals surface area (Å²) in [6.45, 7) is 4.78. The highest BCUT2D eigenvalue weighted by molar-refractivity contribution is 5.79. The summed E-state index contributed by atoms with van der Waals surface area (Å²) < 4.78 is 5.68. The van der Waals surface area contributed by atoms with Crippen LogP contribution >= 0.6 is 0 Å². The second kappa shape index (κ2) is 7.02. The molecule has 2 N–H and O–H groups in total. The second-order valence-corrected chi connectivity index (χ2v) is 4.75. The van der Waals surface area contributed by atoms with Gasteiger partial charge in [0.05, 0.1) is 6.61 Å². The lowest BCUT2D eigenvalue weighted by atomic mass is 9.93. The van der Waals surface area contributed by atoms with Crippen LogP contribution in [0.3, 0.4) is 0 Å². The molecule has 4 nitrogen and oxygen atoms in total. The van der Waals surface area contributed by atoms with Gasteiger partial charge in [-0.3, -0.25) is 4.99 Å². The quantitative estimate of drug-likeness (QED) is 0.644. The monoisotopic (exact) mass is 261 g/mol. The highest BCUT2D eigenvalue weighted by Gasteiger charge is 2.20. The number of guanidine groups is 1. The van der Waals surface area contributed by atoms with Gasteiger partial charge in [0.15, 0.2) is 5.96 Å². The standard InChI is InChI=1S/C15H23N3O/c1-3-9-17-15(16-2)18-11-12-8-10-19-14-7-5-4-6-13(12)14/h4-7,12H,3,8-11H2,1-2H3,(H2,16,17,18). The Hall–Kier alpha value is -1.71. The molecule has 19 heavy (non-hydrogen) atoms. The number of rotatable bonds is 4. The van der Waals surface area contributed by atoms with Crippen LogP contribution in [-0.4, -0.2) is 32.7 Å². The average Bonchev–Trinajstić information content (AvgIpc) is 2.47. The predicted molar refractivity (Wildman–Crippen MR) is 79.0 cm³/mol. The third-order valence-corrected chi connectivity index (χ3v) is 3.36. The van der Waals surface area contributed by atoms with Crippen LogP contribution in [0.25, 0.3) is 0 Å². The van der Waals surface area contributed by atoms with Gasteiger partial charge in [-0.1, -0.05) is 25.1 Å². The first-order chi connectivity index (χ1) is 9.35. The maximum Gasteiger partial charge on any atom is 0.190 e. The van der Waals surface area contributed by atoms with Crippen molar-refractivity contribution in [2.45, 2.75) is 25.7 Å². The van der Waals surface area contributed by atoms with Crippen molar-refractivity contribution in [3.8, 4) is 5.75 Å². The molecule has 1 atom stereocenters. The fourth-order valence-corrected chi connectivity index (χ4v) is 2.31. The van der Waals surface area contributed by atoms with Crippen LogP contribution in [0.4, 0.5) is 0 Å². The van der Waals surface area contributed by atoms with Gasteiger partial charge < -0.3 is 15.4 Å². The molecule has 0 spiro atoms. The molecule has 1 aliphatic rings. The number of hydrogen-bond donors (Lipinski definition) is 2. The van der Waals surface area contributed by atoms with E-state index in [9.17, 15) is 0 Å². The third-order valence-electron chi connectivity index (χ3n) is 3.36. The van der Waals surface area contributed by atoms with E-state index < -0.39 is 0 Å². The normalized spacial score (nSPS) is 18.4. The molecule has 1 aliphatic heterocycles. The van der Waals surface area contributed by atoms with Gasteiger partial charge in [0.2, 0.25) is 0 Å². The van der Waals surface area contributed by atoms with Crippen molar-refractivity contribution in [3.63, 3.8) is 0 Å². The van der Waals surface area contributed by atoms with Gasteiger partial charge in [0.1, 0.15) is 5.75 Å². The smallest absolute Gasteiger partial charge is 0.190 e. The third kappa shape index (κ3) is 3.63. The zero-order chi connectivity index (χ0) is 13.5. The van der Waals surface area contributed by atoms with Crippen molar-refractivity contribution in [3.05, 3.63) is 29.8 Å². The summed E-state index contributed by atoms with van der Waals surface area (Å²) >= 11 is 0. The van der Waals surface area contributed by atoms with E-state index in [1.165, 1.54) is 5.56 Å². The van der Waals surface area contributed by atoms with E-state index in [2.05, 4.69) is 34.7 Å². The van der Waals surface area contributed by atoms with Crippen LogP contribution < -0.4 is 15.4 Å². The zero-order valence-electron chi connectivity index (χ0n) is 11.8. The molecular weight excluding hydrogens is 238 g/mol. The van der Waals surface area contributed by atoms with E-state index in [1.807, 2.05) is 19.2 Å². The lowest BCUT2D eigenvalue weighted by molar-refractivity contribution is 0.267. The van der Waals surface area contributed by atoms with Crippen LogP contribution in [0.2, 0.25) is 0 Å². The Morgan fingerprint density at radius 3 is 3.00 bits per heavy atom. The summed E-state index contributed by atoms with van der Waals surface area (Å²) in [5, 5.41) is 6.69. The minimum atomic E-state index is 0.491. The van der Waals surface area contributed by atoms with E-state index in [-0.39, 0.29) is 0 Å². The molecule has 0 aliphatic carbocycles. The van der Waals surface area contributed by atoms with E-state index in [1.54, 1.807) is 0 Å². The minimum absolute atomic E-state index is 0.491. The van der Waals surface area contributed by atoms with Gasteiger partial charge in [0, 0.05) is 26.1 Å². The number of fused-ring (bicyclic) bond motifs is 1. The maximum absolute atomic E-state index is 5.68. The molecule has 1 aromatic rings. The molecule has 0 saturated carbocycles. The summed E-state index contributed by atoms with van der Waals surface area (Å²) in [4.78, 5) is 4.23. The Morgan fingerprint density at radius 1 is 1.37 bits per heavy atom. The lowest BCUT2D eigenvalue weighted by Gasteiger charge is -2.26. The predicted octanol–water partition coefficient (Wildman–Crippen LogP) is 2.13. The summed E-state index contributed by atoms with van der Waals surface area (Å²) in [5.41, 5.74) is 1.30. The van der Waals surface area contributed by atoms with Crippen molar-refractivity contribution in [2.75, 3.05) is 26.7 Å². The minimum Gasteiger partial charge on any atom is -0.493 e. The fourth-order valence-electron chi connectivity index (χ4n) is 2.31. The average molecular weight is 261 g/mol. The fraction of sp³-hybridized carbons (Fsp3) is 0.533. The van der Waals surface area contributed by atoms with Gasteiger partial charge in [-0.05, 0) is 24.5 Å². The number of ether oxygens (including phenoxy) is 1. The molecule has 0 fully saturated rings. The van der Waals surface area contributed by atoms with Gasteiger partial charge in [-0.25, -0.2) is 0 Å². The van der Waals surface area contributed by atoms with E-state index in [0.717, 1.165) is 44.2 Å². The Kier molecular flexibility index (Phi) is 5.07. The number of nitrogens with zero attached hydrogens (tertiary/aromatic N) is 1.